The van der Waals surface area contributed by atoms with E-state index in [0.29, 0.717) is 0 Å². The Kier molecular flexibility index (Phi) is 11.0. The van der Waals surface area contributed by atoms with Gasteiger partial charge in [0.25, 0.3) is 0 Å². The van der Waals surface area contributed by atoms with E-state index in [1.165, 1.54) is 58.0 Å². The average molecular weight is 199 g/mol. The van der Waals surface area contributed by atoms with Gasteiger partial charge < -0.3 is 5.32 Å². The summed E-state index contributed by atoms with van der Waals surface area (Å²) in [7, 11) is 0. The van der Waals surface area contributed by atoms with Crippen LogP contribution >= 0.6 is 0 Å². The zero-order valence-electron chi connectivity index (χ0n) is 10.4. The normalized spacial score (nSPS) is 13.1. The molecule has 0 saturated heterocycles. The minimum atomic E-state index is 0.913. The minimum Gasteiger partial charge on any atom is -0.316 e. The fourth-order valence-corrected chi connectivity index (χ4v) is 1.75. The lowest BCUT2D eigenvalue weighted by atomic mass is 9.99. The minimum absolute atomic E-state index is 0.913. The molecular formula is C13H29N. The van der Waals surface area contributed by atoms with Crippen molar-refractivity contribution >= 4 is 0 Å². The van der Waals surface area contributed by atoms with Crippen molar-refractivity contribution in [2.45, 2.75) is 65.7 Å². The molecule has 0 spiro atoms. The average Bonchev–Trinajstić information content (AvgIpc) is 2.22. The quantitative estimate of drug-likeness (QED) is 0.525. The molecular weight excluding hydrogens is 170 g/mol. The van der Waals surface area contributed by atoms with Gasteiger partial charge in [-0.05, 0) is 31.8 Å². The van der Waals surface area contributed by atoms with Gasteiger partial charge in [-0.15, -0.1) is 0 Å². The van der Waals surface area contributed by atoms with Gasteiger partial charge in [-0.25, -0.2) is 0 Å². The lowest BCUT2D eigenvalue weighted by Crippen LogP contribution is -2.23. The fourth-order valence-electron chi connectivity index (χ4n) is 1.75. The first-order chi connectivity index (χ1) is 6.85. The molecule has 0 saturated carbocycles. The van der Waals surface area contributed by atoms with E-state index in [0.717, 1.165) is 5.92 Å². The van der Waals surface area contributed by atoms with Gasteiger partial charge in [-0.2, -0.15) is 0 Å². The lowest BCUT2D eigenvalue weighted by molar-refractivity contribution is 0.417. The van der Waals surface area contributed by atoms with Crippen molar-refractivity contribution < 1.29 is 0 Å². The molecule has 0 aliphatic rings. The van der Waals surface area contributed by atoms with Gasteiger partial charge in [0.1, 0.15) is 0 Å². The monoisotopic (exact) mass is 199 g/mol. The highest BCUT2D eigenvalue weighted by atomic mass is 14.8. The summed E-state index contributed by atoms with van der Waals surface area (Å²) in [6.07, 6.45) is 9.53. The molecule has 0 radical (unpaired) electrons. The highest BCUT2D eigenvalue weighted by molar-refractivity contribution is 4.60. The van der Waals surface area contributed by atoms with Gasteiger partial charge in [0.2, 0.25) is 0 Å². The maximum absolute atomic E-state index is 3.58. The molecule has 1 N–H and O–H groups in total. The van der Waals surface area contributed by atoms with Gasteiger partial charge in [-0.3, -0.25) is 0 Å². The number of hydrogen-bond acceptors (Lipinski definition) is 1. The summed E-state index contributed by atoms with van der Waals surface area (Å²) in [5.74, 6) is 0.913. The molecule has 14 heavy (non-hydrogen) atoms. The van der Waals surface area contributed by atoms with Crippen molar-refractivity contribution in [2.75, 3.05) is 13.1 Å². The predicted molar refractivity (Wildman–Crippen MR) is 65.7 cm³/mol. The Morgan fingerprint density at radius 2 is 1.64 bits per heavy atom. The van der Waals surface area contributed by atoms with Crippen LogP contribution in [-0.2, 0) is 0 Å². The van der Waals surface area contributed by atoms with Crippen LogP contribution in [0.2, 0.25) is 0 Å². The van der Waals surface area contributed by atoms with E-state index in [2.05, 4.69) is 26.1 Å². The molecule has 86 valence electrons. The second kappa shape index (κ2) is 11.0. The van der Waals surface area contributed by atoms with Gasteiger partial charge in [0.05, 0.1) is 0 Å². The molecule has 0 heterocycles. The molecule has 0 aliphatic carbocycles. The summed E-state index contributed by atoms with van der Waals surface area (Å²) in [5, 5.41) is 3.58. The maximum atomic E-state index is 3.58. The molecule has 0 fully saturated rings. The van der Waals surface area contributed by atoms with Crippen LogP contribution in [0, 0.1) is 5.92 Å². The number of hydrogen-bond donors (Lipinski definition) is 1. The third-order valence-corrected chi connectivity index (χ3v) is 2.93. The van der Waals surface area contributed by atoms with E-state index < -0.39 is 0 Å². The van der Waals surface area contributed by atoms with Gasteiger partial charge in [0.15, 0.2) is 0 Å². The van der Waals surface area contributed by atoms with Crippen LogP contribution in [0.25, 0.3) is 0 Å². The van der Waals surface area contributed by atoms with Crippen molar-refractivity contribution in [3.63, 3.8) is 0 Å². The molecule has 0 rings (SSSR count). The van der Waals surface area contributed by atoms with Crippen LogP contribution in [0.5, 0.6) is 0 Å². The van der Waals surface area contributed by atoms with Crippen molar-refractivity contribution in [1.29, 1.82) is 0 Å². The molecule has 0 aliphatic heterocycles. The molecule has 1 unspecified atom stereocenters. The Balaban J connectivity index is 3.24. The van der Waals surface area contributed by atoms with Crippen molar-refractivity contribution in [3.05, 3.63) is 0 Å². The summed E-state index contributed by atoms with van der Waals surface area (Å²) in [5.41, 5.74) is 0. The standard InChI is InChI=1S/C13H29N/c1-4-7-9-11-14-12-13(6-3)10-8-5-2/h13-14H,4-12H2,1-3H3. The summed E-state index contributed by atoms with van der Waals surface area (Å²) < 4.78 is 0. The number of rotatable bonds is 10. The first-order valence-electron chi connectivity index (χ1n) is 6.55. The van der Waals surface area contributed by atoms with Crippen molar-refractivity contribution in [1.82, 2.24) is 5.32 Å². The Bertz CT molecular complexity index is 101. The van der Waals surface area contributed by atoms with Crippen LogP contribution in [0.3, 0.4) is 0 Å². The summed E-state index contributed by atoms with van der Waals surface area (Å²) >= 11 is 0. The Hall–Kier alpha value is -0.0400. The molecule has 0 bridgehead atoms. The zero-order valence-corrected chi connectivity index (χ0v) is 10.4. The third kappa shape index (κ3) is 8.55. The number of nitrogens with one attached hydrogen (secondary N) is 1. The maximum Gasteiger partial charge on any atom is -0.00206 e. The van der Waals surface area contributed by atoms with Crippen LogP contribution in [0.1, 0.15) is 65.7 Å². The molecule has 1 nitrogen and oxygen atoms in total. The largest absolute Gasteiger partial charge is 0.316 e. The highest BCUT2D eigenvalue weighted by Gasteiger charge is 2.04. The molecule has 0 aromatic carbocycles. The van der Waals surface area contributed by atoms with Gasteiger partial charge in [-0.1, -0.05) is 52.9 Å². The van der Waals surface area contributed by atoms with E-state index in [4.69, 9.17) is 0 Å². The number of unbranched alkanes of at least 4 members (excludes halogenated alkanes) is 3. The van der Waals surface area contributed by atoms with E-state index >= 15 is 0 Å². The lowest BCUT2D eigenvalue weighted by Gasteiger charge is -2.15. The first kappa shape index (κ1) is 14.0. The van der Waals surface area contributed by atoms with Gasteiger partial charge in [0, 0.05) is 0 Å². The van der Waals surface area contributed by atoms with Gasteiger partial charge >= 0.3 is 0 Å². The summed E-state index contributed by atoms with van der Waals surface area (Å²) in [4.78, 5) is 0. The predicted octanol–water partition coefficient (Wildman–Crippen LogP) is 3.98. The molecule has 1 heteroatoms. The third-order valence-electron chi connectivity index (χ3n) is 2.93. The van der Waals surface area contributed by atoms with Crippen LogP contribution < -0.4 is 5.32 Å². The smallest absolute Gasteiger partial charge is 0.00206 e. The Labute approximate surface area is 90.7 Å². The first-order valence-corrected chi connectivity index (χ1v) is 6.55. The van der Waals surface area contributed by atoms with E-state index in [1.54, 1.807) is 0 Å². The second-order valence-electron chi connectivity index (χ2n) is 4.33. The Morgan fingerprint density at radius 1 is 0.929 bits per heavy atom. The zero-order chi connectivity index (χ0) is 10.6. The highest BCUT2D eigenvalue weighted by Crippen LogP contribution is 2.11. The summed E-state index contributed by atoms with van der Waals surface area (Å²) in [6, 6.07) is 0. The van der Waals surface area contributed by atoms with Crippen LogP contribution in [-0.4, -0.2) is 13.1 Å². The van der Waals surface area contributed by atoms with Crippen LogP contribution in [0.15, 0.2) is 0 Å². The topological polar surface area (TPSA) is 12.0 Å². The van der Waals surface area contributed by atoms with Crippen LogP contribution in [0.4, 0.5) is 0 Å². The van der Waals surface area contributed by atoms with Crippen molar-refractivity contribution in [2.24, 2.45) is 5.92 Å². The fraction of sp³-hybridized carbons (Fsp3) is 1.00. The van der Waals surface area contributed by atoms with E-state index in [9.17, 15) is 0 Å². The molecule has 0 amide bonds. The second-order valence-corrected chi connectivity index (χ2v) is 4.33. The van der Waals surface area contributed by atoms with E-state index in [1.807, 2.05) is 0 Å². The van der Waals surface area contributed by atoms with Crippen molar-refractivity contribution in [3.8, 4) is 0 Å². The Morgan fingerprint density at radius 3 is 2.21 bits per heavy atom. The molecule has 0 aromatic rings. The molecule has 0 aromatic heterocycles. The SMILES string of the molecule is CCCCCNCC(CC)CCCC. The summed E-state index contributed by atoms with van der Waals surface area (Å²) in [6.45, 7) is 9.31. The molecule has 1 atom stereocenters. The van der Waals surface area contributed by atoms with E-state index in [-0.39, 0.29) is 0 Å².